The summed E-state index contributed by atoms with van der Waals surface area (Å²) in [5.41, 5.74) is 2.72. The van der Waals surface area contributed by atoms with E-state index in [0.717, 1.165) is 11.3 Å². The standard InChI is InChI=1S/C24H18N2O2/c27-22(18-12-6-2-7-13-18)21-16-20(17-10-4-1-5-11-17)24(28)26-23(21)25-19-14-8-3-9-15-19/h1-16H,(H2,25,26,28). The van der Waals surface area contributed by atoms with Gasteiger partial charge in [-0.1, -0.05) is 78.9 Å². The van der Waals surface area contributed by atoms with Crippen LogP contribution in [-0.2, 0) is 0 Å². The molecule has 0 radical (unpaired) electrons. The second-order valence-electron chi connectivity index (χ2n) is 6.35. The largest absolute Gasteiger partial charge is 0.341 e. The van der Waals surface area contributed by atoms with Crippen molar-refractivity contribution in [3.05, 3.63) is 119 Å². The number of H-pyrrole nitrogens is 1. The maximum absolute atomic E-state index is 13.2. The van der Waals surface area contributed by atoms with Crippen molar-refractivity contribution < 1.29 is 4.79 Å². The summed E-state index contributed by atoms with van der Waals surface area (Å²) in [4.78, 5) is 28.8. The molecular formula is C24H18N2O2. The highest BCUT2D eigenvalue weighted by atomic mass is 16.1. The van der Waals surface area contributed by atoms with Gasteiger partial charge < -0.3 is 10.3 Å². The number of aromatic nitrogens is 1. The van der Waals surface area contributed by atoms with Crippen LogP contribution in [0, 0.1) is 0 Å². The molecule has 1 aromatic heterocycles. The third kappa shape index (κ3) is 3.62. The summed E-state index contributed by atoms with van der Waals surface area (Å²) in [6, 6.07) is 29.4. The second-order valence-corrected chi connectivity index (χ2v) is 6.35. The van der Waals surface area contributed by atoms with Crippen molar-refractivity contribution in [3.63, 3.8) is 0 Å². The minimum absolute atomic E-state index is 0.160. The summed E-state index contributed by atoms with van der Waals surface area (Å²) >= 11 is 0. The van der Waals surface area contributed by atoms with Gasteiger partial charge in [-0.2, -0.15) is 0 Å². The Morgan fingerprint density at radius 1 is 0.750 bits per heavy atom. The molecule has 1 heterocycles. The number of carbonyl (C=O) groups excluding carboxylic acids is 1. The number of aromatic amines is 1. The van der Waals surface area contributed by atoms with Crippen molar-refractivity contribution in [1.29, 1.82) is 0 Å². The van der Waals surface area contributed by atoms with Crippen molar-refractivity contribution in [1.82, 2.24) is 4.98 Å². The monoisotopic (exact) mass is 366 g/mol. The van der Waals surface area contributed by atoms with Gasteiger partial charge in [0.15, 0.2) is 5.78 Å². The fraction of sp³-hybridized carbons (Fsp3) is 0. The maximum atomic E-state index is 13.2. The SMILES string of the molecule is O=C(c1ccccc1)c1cc(-c2ccccc2)c(=O)[nH]c1Nc1ccccc1. The topological polar surface area (TPSA) is 62.0 Å². The first-order valence-corrected chi connectivity index (χ1v) is 8.97. The van der Waals surface area contributed by atoms with Crippen molar-refractivity contribution in [2.24, 2.45) is 0 Å². The molecule has 0 aliphatic carbocycles. The summed E-state index contributed by atoms with van der Waals surface area (Å²) in [6.07, 6.45) is 0. The van der Waals surface area contributed by atoms with Crippen LogP contribution in [0.4, 0.5) is 11.5 Å². The fourth-order valence-corrected chi connectivity index (χ4v) is 3.05. The van der Waals surface area contributed by atoms with Crippen LogP contribution in [-0.4, -0.2) is 10.8 Å². The summed E-state index contributed by atoms with van der Waals surface area (Å²) < 4.78 is 0. The molecule has 0 saturated heterocycles. The molecule has 0 saturated carbocycles. The normalized spacial score (nSPS) is 10.4. The molecule has 4 nitrogen and oxygen atoms in total. The van der Waals surface area contributed by atoms with Crippen LogP contribution in [0.1, 0.15) is 15.9 Å². The molecule has 0 fully saturated rings. The van der Waals surface area contributed by atoms with Crippen molar-refractivity contribution in [3.8, 4) is 11.1 Å². The highest BCUT2D eigenvalue weighted by Crippen LogP contribution is 2.24. The molecule has 4 heteroatoms. The van der Waals surface area contributed by atoms with Crippen molar-refractivity contribution >= 4 is 17.3 Å². The van der Waals surface area contributed by atoms with E-state index in [1.807, 2.05) is 78.9 Å². The van der Waals surface area contributed by atoms with Gasteiger partial charge in [0.1, 0.15) is 5.82 Å². The Hall–Kier alpha value is -3.92. The molecule has 0 aliphatic heterocycles. The Morgan fingerprint density at radius 3 is 1.96 bits per heavy atom. The number of nitrogens with one attached hydrogen (secondary N) is 2. The molecule has 2 N–H and O–H groups in total. The van der Waals surface area contributed by atoms with Gasteiger partial charge in [-0.15, -0.1) is 0 Å². The van der Waals surface area contributed by atoms with Crippen LogP contribution in [0.25, 0.3) is 11.1 Å². The van der Waals surface area contributed by atoms with E-state index >= 15 is 0 Å². The van der Waals surface area contributed by atoms with Gasteiger partial charge in [0, 0.05) is 16.8 Å². The third-order valence-corrected chi connectivity index (χ3v) is 4.45. The lowest BCUT2D eigenvalue weighted by atomic mass is 9.99. The number of para-hydroxylation sites is 1. The average molecular weight is 366 g/mol. The van der Waals surface area contributed by atoms with Gasteiger partial charge in [-0.05, 0) is 23.8 Å². The molecule has 136 valence electrons. The summed E-state index contributed by atoms with van der Waals surface area (Å²) in [6.45, 7) is 0. The van der Waals surface area contributed by atoms with Gasteiger partial charge >= 0.3 is 0 Å². The van der Waals surface area contributed by atoms with Gasteiger partial charge in [-0.3, -0.25) is 9.59 Å². The molecule has 3 aromatic carbocycles. The minimum atomic E-state index is -0.255. The molecule has 0 amide bonds. The summed E-state index contributed by atoms with van der Waals surface area (Å²) in [5.74, 6) is 0.220. The molecule has 0 atom stereocenters. The highest BCUT2D eigenvalue weighted by Gasteiger charge is 2.18. The van der Waals surface area contributed by atoms with E-state index < -0.39 is 0 Å². The first-order chi connectivity index (χ1) is 13.7. The Morgan fingerprint density at radius 2 is 1.32 bits per heavy atom. The number of anilines is 2. The van der Waals surface area contributed by atoms with Crippen LogP contribution in [0.2, 0.25) is 0 Å². The lowest BCUT2D eigenvalue weighted by Gasteiger charge is -2.13. The second kappa shape index (κ2) is 7.76. The van der Waals surface area contributed by atoms with Crippen LogP contribution in [0.3, 0.4) is 0 Å². The molecular weight excluding hydrogens is 348 g/mol. The van der Waals surface area contributed by atoms with Crippen LogP contribution < -0.4 is 10.9 Å². The van der Waals surface area contributed by atoms with E-state index in [-0.39, 0.29) is 11.3 Å². The first kappa shape index (κ1) is 17.5. The van der Waals surface area contributed by atoms with E-state index in [4.69, 9.17) is 0 Å². The summed E-state index contributed by atoms with van der Waals surface area (Å²) in [5, 5.41) is 3.17. The van der Waals surface area contributed by atoms with Crippen molar-refractivity contribution in [2.75, 3.05) is 5.32 Å². The van der Waals surface area contributed by atoms with E-state index in [0.29, 0.717) is 22.5 Å². The fourth-order valence-electron chi connectivity index (χ4n) is 3.05. The molecule has 28 heavy (non-hydrogen) atoms. The van der Waals surface area contributed by atoms with E-state index in [9.17, 15) is 9.59 Å². The molecule has 4 aromatic rings. The Balaban J connectivity index is 1.86. The number of carbonyl (C=O) groups is 1. The average Bonchev–Trinajstić information content (AvgIpc) is 2.75. The zero-order chi connectivity index (χ0) is 19.3. The molecule has 4 rings (SSSR count). The van der Waals surface area contributed by atoms with E-state index in [2.05, 4.69) is 10.3 Å². The Kier molecular flexibility index (Phi) is 4.85. The molecule has 0 aliphatic rings. The number of ketones is 1. The Bertz CT molecular complexity index is 1150. The lowest BCUT2D eigenvalue weighted by Crippen LogP contribution is -2.16. The quantitative estimate of drug-likeness (QED) is 0.488. The highest BCUT2D eigenvalue weighted by molar-refractivity contribution is 6.12. The number of rotatable bonds is 5. The van der Waals surface area contributed by atoms with Crippen LogP contribution in [0.5, 0.6) is 0 Å². The van der Waals surface area contributed by atoms with Gasteiger partial charge in [0.25, 0.3) is 5.56 Å². The smallest absolute Gasteiger partial charge is 0.257 e. The lowest BCUT2D eigenvalue weighted by molar-refractivity contribution is 0.103. The summed E-state index contributed by atoms with van der Waals surface area (Å²) in [7, 11) is 0. The molecule has 0 bridgehead atoms. The van der Waals surface area contributed by atoms with Crippen molar-refractivity contribution in [2.45, 2.75) is 0 Å². The van der Waals surface area contributed by atoms with Gasteiger partial charge in [-0.25, -0.2) is 0 Å². The predicted octanol–water partition coefficient (Wildman–Crippen LogP) is 5.02. The maximum Gasteiger partial charge on any atom is 0.257 e. The first-order valence-electron chi connectivity index (χ1n) is 8.97. The molecule has 0 spiro atoms. The third-order valence-electron chi connectivity index (χ3n) is 4.45. The van der Waals surface area contributed by atoms with Crippen LogP contribution >= 0.6 is 0 Å². The minimum Gasteiger partial charge on any atom is -0.341 e. The zero-order valence-electron chi connectivity index (χ0n) is 15.1. The molecule has 0 unspecified atom stereocenters. The predicted molar refractivity (Wildman–Crippen MR) is 112 cm³/mol. The van der Waals surface area contributed by atoms with Gasteiger partial charge in [0.05, 0.1) is 5.56 Å². The van der Waals surface area contributed by atoms with Crippen LogP contribution in [0.15, 0.2) is 102 Å². The number of pyridine rings is 1. The Labute approximate surface area is 162 Å². The number of hydrogen-bond donors (Lipinski definition) is 2. The zero-order valence-corrected chi connectivity index (χ0v) is 15.1. The van der Waals surface area contributed by atoms with Gasteiger partial charge in [0.2, 0.25) is 0 Å². The number of benzene rings is 3. The van der Waals surface area contributed by atoms with E-state index in [1.165, 1.54) is 0 Å². The van der Waals surface area contributed by atoms with E-state index in [1.54, 1.807) is 18.2 Å². The number of hydrogen-bond acceptors (Lipinski definition) is 3.